The fourth-order valence-electron chi connectivity index (χ4n) is 4.38. The molecule has 5 atom stereocenters. The third kappa shape index (κ3) is 12.6. The molecule has 0 fully saturated rings. The van der Waals surface area contributed by atoms with Gasteiger partial charge in [0.15, 0.2) is 6.10 Å². The molecule has 0 aromatic heterocycles. The van der Waals surface area contributed by atoms with Crippen LogP contribution in [0.25, 0.3) is 0 Å². The van der Waals surface area contributed by atoms with Crippen molar-refractivity contribution >= 4 is 29.5 Å². The number of benzene rings is 2. The summed E-state index contributed by atoms with van der Waals surface area (Å²) in [4.78, 5) is 63.4. The molecule has 11 nitrogen and oxygen atoms in total. The van der Waals surface area contributed by atoms with Gasteiger partial charge < -0.3 is 32.1 Å². The highest BCUT2D eigenvalue weighted by Crippen LogP contribution is 2.24. The normalized spacial score (nSPS) is 14.8. The standard InChI is InChI=1S/C31H40F3N5O6/c1-18(2)26(39-25(41)17-21-12-8-5-9-13-21)30(45)38-23(16-20-10-6-4-7-11-20)29(44)36-19(3)28(43)37-22(14-15-24(35)40)27(42)31(32,33)34/h4-13,18-19,22-23,26-27,42H,14-17H2,1-3H3,(H2,35,40)(H,36,44)(H,37,43)(H,38,45)(H,39,41)/t19-,22?,23-,26-,27?/m0/s1. The number of amides is 5. The van der Waals surface area contributed by atoms with Gasteiger partial charge in [0.1, 0.15) is 18.1 Å². The third-order valence-corrected chi connectivity index (χ3v) is 6.89. The molecule has 0 bridgehead atoms. The van der Waals surface area contributed by atoms with E-state index in [0.29, 0.717) is 5.56 Å². The van der Waals surface area contributed by atoms with Crippen LogP contribution in [0.5, 0.6) is 0 Å². The van der Waals surface area contributed by atoms with Crippen LogP contribution in [0.3, 0.4) is 0 Å². The SMILES string of the molecule is CC(C)[C@H](NC(=O)Cc1ccccc1)C(=O)N[C@@H](Cc1ccccc1)C(=O)N[C@@H](C)C(=O)NC(CCC(N)=O)C(O)C(F)(F)F. The summed E-state index contributed by atoms with van der Waals surface area (Å²) in [5.74, 6) is -4.25. The Labute approximate surface area is 259 Å². The van der Waals surface area contributed by atoms with Crippen molar-refractivity contribution in [1.29, 1.82) is 0 Å². The molecule has 45 heavy (non-hydrogen) atoms. The Hall–Kier alpha value is -4.46. The average molecular weight is 636 g/mol. The molecule has 246 valence electrons. The first kappa shape index (κ1) is 36.7. The zero-order valence-electron chi connectivity index (χ0n) is 25.3. The van der Waals surface area contributed by atoms with Crippen molar-refractivity contribution in [2.45, 2.75) is 82.9 Å². The molecular weight excluding hydrogens is 595 g/mol. The minimum absolute atomic E-state index is 0.0104. The van der Waals surface area contributed by atoms with Gasteiger partial charge in [0.05, 0.1) is 12.5 Å². The molecule has 0 heterocycles. The minimum atomic E-state index is -5.10. The molecule has 0 aliphatic carbocycles. The molecule has 0 radical (unpaired) electrons. The van der Waals surface area contributed by atoms with Crippen molar-refractivity contribution in [3.63, 3.8) is 0 Å². The van der Waals surface area contributed by atoms with Crippen LogP contribution in [-0.4, -0.2) is 71.1 Å². The maximum absolute atomic E-state index is 13.4. The molecular formula is C31H40F3N5O6. The van der Waals surface area contributed by atoms with Crippen molar-refractivity contribution in [2.24, 2.45) is 11.7 Å². The molecule has 0 aliphatic heterocycles. The highest BCUT2D eigenvalue weighted by molar-refractivity contribution is 5.94. The van der Waals surface area contributed by atoms with Crippen molar-refractivity contribution < 1.29 is 42.3 Å². The number of hydrogen-bond donors (Lipinski definition) is 6. The first-order chi connectivity index (χ1) is 21.1. The van der Waals surface area contributed by atoms with E-state index >= 15 is 0 Å². The first-order valence-electron chi connectivity index (χ1n) is 14.4. The van der Waals surface area contributed by atoms with Gasteiger partial charge in [0.25, 0.3) is 0 Å². The number of primary amides is 1. The van der Waals surface area contributed by atoms with E-state index < -0.39 is 78.8 Å². The van der Waals surface area contributed by atoms with Gasteiger partial charge in [-0.3, -0.25) is 24.0 Å². The predicted molar refractivity (Wildman–Crippen MR) is 159 cm³/mol. The lowest BCUT2D eigenvalue weighted by Crippen LogP contribution is -2.59. The number of carbonyl (C=O) groups is 5. The van der Waals surface area contributed by atoms with E-state index in [4.69, 9.17) is 5.73 Å². The summed E-state index contributed by atoms with van der Waals surface area (Å²) in [6, 6.07) is 12.0. The monoisotopic (exact) mass is 635 g/mol. The van der Waals surface area contributed by atoms with Crippen LogP contribution in [0.1, 0.15) is 44.7 Å². The first-order valence-corrected chi connectivity index (χ1v) is 14.4. The lowest BCUT2D eigenvalue weighted by Gasteiger charge is -2.28. The van der Waals surface area contributed by atoms with Gasteiger partial charge in [-0.05, 0) is 30.4 Å². The van der Waals surface area contributed by atoms with Gasteiger partial charge in [0, 0.05) is 12.8 Å². The molecule has 2 aromatic carbocycles. The highest BCUT2D eigenvalue weighted by atomic mass is 19.4. The zero-order valence-corrected chi connectivity index (χ0v) is 25.3. The molecule has 2 rings (SSSR count). The van der Waals surface area contributed by atoms with Crippen LogP contribution >= 0.6 is 0 Å². The van der Waals surface area contributed by atoms with Gasteiger partial charge in [0.2, 0.25) is 29.5 Å². The number of nitrogens with two attached hydrogens (primary N) is 1. The quantitative estimate of drug-likeness (QED) is 0.162. The Morgan fingerprint density at radius 1 is 0.778 bits per heavy atom. The van der Waals surface area contributed by atoms with Crippen molar-refractivity contribution in [3.05, 3.63) is 71.8 Å². The number of aliphatic hydroxyl groups excluding tert-OH is 1. The summed E-state index contributed by atoms with van der Waals surface area (Å²) in [5, 5.41) is 19.5. The van der Waals surface area contributed by atoms with Crippen molar-refractivity contribution in [1.82, 2.24) is 21.3 Å². The van der Waals surface area contributed by atoms with Gasteiger partial charge in [-0.25, -0.2) is 0 Å². The number of nitrogens with one attached hydrogen (secondary N) is 4. The number of halogens is 3. The predicted octanol–water partition coefficient (Wildman–Crippen LogP) is 1.28. The van der Waals surface area contributed by atoms with Gasteiger partial charge in [-0.1, -0.05) is 74.5 Å². The van der Waals surface area contributed by atoms with E-state index in [2.05, 4.69) is 16.0 Å². The van der Waals surface area contributed by atoms with E-state index in [0.717, 1.165) is 5.56 Å². The largest absolute Gasteiger partial charge is 0.416 e. The number of carbonyl (C=O) groups excluding carboxylic acids is 5. The van der Waals surface area contributed by atoms with E-state index in [-0.39, 0.29) is 18.8 Å². The molecule has 0 saturated heterocycles. The summed E-state index contributed by atoms with van der Waals surface area (Å²) in [7, 11) is 0. The number of rotatable bonds is 16. The maximum Gasteiger partial charge on any atom is 0.416 e. The van der Waals surface area contributed by atoms with Gasteiger partial charge >= 0.3 is 6.18 Å². The molecule has 2 aromatic rings. The Morgan fingerprint density at radius 3 is 1.84 bits per heavy atom. The van der Waals surface area contributed by atoms with Crippen LogP contribution in [0.4, 0.5) is 13.2 Å². The summed E-state index contributed by atoms with van der Waals surface area (Å²) in [5.41, 5.74) is 6.41. The van der Waals surface area contributed by atoms with Crippen LogP contribution < -0.4 is 27.0 Å². The molecule has 14 heteroatoms. The maximum atomic E-state index is 13.4. The Kier molecular flexibility index (Phi) is 14.0. The van der Waals surface area contributed by atoms with Crippen LogP contribution in [0.2, 0.25) is 0 Å². The summed E-state index contributed by atoms with van der Waals surface area (Å²) in [6.07, 6.45) is -9.20. The second kappa shape index (κ2) is 17.1. The molecule has 5 amide bonds. The van der Waals surface area contributed by atoms with Crippen molar-refractivity contribution in [3.8, 4) is 0 Å². The van der Waals surface area contributed by atoms with Gasteiger partial charge in [-0.15, -0.1) is 0 Å². The van der Waals surface area contributed by atoms with Gasteiger partial charge in [-0.2, -0.15) is 13.2 Å². The summed E-state index contributed by atoms with van der Waals surface area (Å²) < 4.78 is 39.5. The molecule has 0 spiro atoms. The Bertz CT molecular complexity index is 1290. The van der Waals surface area contributed by atoms with E-state index in [9.17, 15) is 42.3 Å². The summed E-state index contributed by atoms with van der Waals surface area (Å²) >= 11 is 0. The molecule has 0 saturated carbocycles. The second-order valence-electron chi connectivity index (χ2n) is 11.0. The smallest absolute Gasteiger partial charge is 0.382 e. The average Bonchev–Trinajstić information content (AvgIpc) is 2.97. The van der Waals surface area contributed by atoms with E-state index in [1.807, 2.05) is 11.4 Å². The fraction of sp³-hybridized carbons (Fsp3) is 0.452. The number of hydrogen-bond acceptors (Lipinski definition) is 6. The number of aliphatic hydroxyl groups is 1. The highest BCUT2D eigenvalue weighted by Gasteiger charge is 2.44. The molecule has 7 N–H and O–H groups in total. The van der Waals surface area contributed by atoms with E-state index in [1.165, 1.54) is 6.92 Å². The number of alkyl halides is 3. The zero-order chi connectivity index (χ0) is 33.7. The molecule has 2 unspecified atom stereocenters. The third-order valence-electron chi connectivity index (χ3n) is 6.89. The van der Waals surface area contributed by atoms with Crippen molar-refractivity contribution in [2.75, 3.05) is 0 Å². The van der Waals surface area contributed by atoms with Crippen LogP contribution in [0.15, 0.2) is 60.7 Å². The fourth-order valence-corrected chi connectivity index (χ4v) is 4.38. The minimum Gasteiger partial charge on any atom is -0.382 e. The lowest BCUT2D eigenvalue weighted by atomic mass is 10.00. The Morgan fingerprint density at radius 2 is 1.33 bits per heavy atom. The second-order valence-corrected chi connectivity index (χ2v) is 11.0. The lowest BCUT2D eigenvalue weighted by molar-refractivity contribution is -0.212. The Balaban J connectivity index is 2.18. The van der Waals surface area contributed by atoms with Crippen LogP contribution in [0, 0.1) is 5.92 Å². The van der Waals surface area contributed by atoms with Crippen LogP contribution in [-0.2, 0) is 36.8 Å². The van der Waals surface area contributed by atoms with E-state index in [1.54, 1.807) is 68.4 Å². The topological polar surface area (TPSA) is 180 Å². The summed E-state index contributed by atoms with van der Waals surface area (Å²) in [6.45, 7) is 4.64. The molecule has 0 aliphatic rings.